The Morgan fingerprint density at radius 2 is 2.04 bits per heavy atom. The van der Waals surface area contributed by atoms with Crippen molar-refractivity contribution in [1.29, 1.82) is 0 Å². The smallest absolute Gasteiger partial charge is 0.349 e. The van der Waals surface area contributed by atoms with Crippen molar-refractivity contribution in [3.8, 4) is 0 Å². The van der Waals surface area contributed by atoms with E-state index >= 15 is 0 Å². The minimum absolute atomic E-state index is 0. The molecule has 1 aliphatic rings. The third-order valence-corrected chi connectivity index (χ3v) is 4.85. The SMILES string of the molecule is CC(CN)(NC(=O)CSc1cccc(C(F)(F)F)c1)C1CC1.Cl. The zero-order valence-electron chi connectivity index (χ0n) is 12.7. The lowest BCUT2D eigenvalue weighted by Gasteiger charge is -2.29. The van der Waals surface area contributed by atoms with Crippen molar-refractivity contribution >= 4 is 30.1 Å². The average molecular weight is 369 g/mol. The van der Waals surface area contributed by atoms with Gasteiger partial charge in [-0.05, 0) is 43.9 Å². The normalized spacial score (nSPS) is 17.1. The number of carbonyl (C=O) groups is 1. The van der Waals surface area contributed by atoms with Gasteiger partial charge < -0.3 is 11.1 Å². The molecule has 0 bridgehead atoms. The highest BCUT2D eigenvalue weighted by Gasteiger charge is 2.41. The van der Waals surface area contributed by atoms with Crippen LogP contribution < -0.4 is 11.1 Å². The van der Waals surface area contributed by atoms with E-state index in [0.29, 0.717) is 17.4 Å². The fourth-order valence-corrected chi connectivity index (χ4v) is 3.06. The Hall–Kier alpha value is -0.920. The Morgan fingerprint density at radius 3 is 2.57 bits per heavy atom. The molecule has 1 aromatic rings. The number of hydrogen-bond acceptors (Lipinski definition) is 3. The Bertz CT molecular complexity index is 552. The van der Waals surface area contributed by atoms with Gasteiger partial charge in [-0.2, -0.15) is 13.2 Å². The molecule has 1 saturated carbocycles. The van der Waals surface area contributed by atoms with Crippen molar-refractivity contribution in [1.82, 2.24) is 5.32 Å². The van der Waals surface area contributed by atoms with Gasteiger partial charge in [0.15, 0.2) is 0 Å². The quantitative estimate of drug-likeness (QED) is 0.756. The predicted molar refractivity (Wildman–Crippen MR) is 87.7 cm³/mol. The van der Waals surface area contributed by atoms with Gasteiger partial charge >= 0.3 is 6.18 Å². The largest absolute Gasteiger partial charge is 0.416 e. The molecule has 0 radical (unpaired) electrons. The second-order valence-electron chi connectivity index (χ2n) is 5.76. The van der Waals surface area contributed by atoms with Crippen molar-refractivity contribution in [2.45, 2.75) is 36.4 Å². The molecule has 3 nitrogen and oxygen atoms in total. The van der Waals surface area contributed by atoms with Crippen molar-refractivity contribution in [2.24, 2.45) is 11.7 Å². The molecule has 1 aromatic carbocycles. The Kier molecular flexibility index (Phi) is 6.80. The highest BCUT2D eigenvalue weighted by atomic mass is 35.5. The van der Waals surface area contributed by atoms with Gasteiger partial charge in [0.1, 0.15) is 0 Å². The zero-order valence-corrected chi connectivity index (χ0v) is 14.3. The molecule has 1 atom stereocenters. The molecule has 3 N–H and O–H groups in total. The first-order valence-electron chi connectivity index (χ1n) is 7.06. The fourth-order valence-electron chi connectivity index (χ4n) is 2.31. The van der Waals surface area contributed by atoms with Crippen molar-refractivity contribution in [2.75, 3.05) is 12.3 Å². The minimum atomic E-state index is -4.37. The summed E-state index contributed by atoms with van der Waals surface area (Å²) in [7, 11) is 0. The standard InChI is InChI=1S/C15H19F3N2OS.ClH/c1-14(9-19,10-5-6-10)20-13(21)8-22-12-4-2-3-11(7-12)15(16,17)18;/h2-4,7,10H,5-6,8-9,19H2,1H3,(H,20,21);1H. The van der Waals surface area contributed by atoms with E-state index in [4.69, 9.17) is 5.73 Å². The number of nitrogens with two attached hydrogens (primary N) is 1. The van der Waals surface area contributed by atoms with Crippen LogP contribution in [0, 0.1) is 5.92 Å². The van der Waals surface area contributed by atoms with Gasteiger partial charge in [-0.1, -0.05) is 6.07 Å². The molecule has 1 fully saturated rings. The van der Waals surface area contributed by atoms with E-state index in [1.165, 1.54) is 6.07 Å². The molecule has 1 unspecified atom stereocenters. The number of benzene rings is 1. The molecule has 8 heteroatoms. The Labute approximate surface area is 144 Å². The summed E-state index contributed by atoms with van der Waals surface area (Å²) in [5.74, 6) is 0.270. The highest BCUT2D eigenvalue weighted by molar-refractivity contribution is 8.00. The molecule has 0 spiro atoms. The van der Waals surface area contributed by atoms with Gasteiger partial charge in [0.05, 0.1) is 16.9 Å². The third-order valence-electron chi connectivity index (χ3n) is 3.86. The number of nitrogens with one attached hydrogen (secondary N) is 1. The molecule has 0 aromatic heterocycles. The first-order chi connectivity index (χ1) is 10.2. The summed E-state index contributed by atoms with van der Waals surface area (Å²) in [5, 5.41) is 2.91. The van der Waals surface area contributed by atoms with E-state index in [9.17, 15) is 18.0 Å². The van der Waals surface area contributed by atoms with Gasteiger partial charge in [-0.15, -0.1) is 24.2 Å². The van der Waals surface area contributed by atoms with Crippen LogP contribution >= 0.6 is 24.2 Å². The first-order valence-corrected chi connectivity index (χ1v) is 8.04. The number of alkyl halides is 3. The van der Waals surface area contributed by atoms with Crippen molar-refractivity contribution in [3.05, 3.63) is 29.8 Å². The summed E-state index contributed by atoms with van der Waals surface area (Å²) in [5.41, 5.74) is 4.61. The predicted octanol–water partition coefficient (Wildman–Crippen LogP) is 3.46. The Balaban J connectivity index is 0.00000264. The maximum atomic E-state index is 12.6. The summed E-state index contributed by atoms with van der Waals surface area (Å²) in [6.07, 6.45) is -2.27. The van der Waals surface area contributed by atoms with Gasteiger partial charge in [0.25, 0.3) is 0 Å². The molecule has 0 saturated heterocycles. The van der Waals surface area contributed by atoms with E-state index < -0.39 is 17.3 Å². The van der Waals surface area contributed by atoms with E-state index in [-0.39, 0.29) is 24.1 Å². The summed E-state index contributed by atoms with van der Waals surface area (Å²) >= 11 is 1.09. The third kappa shape index (κ3) is 5.58. The van der Waals surface area contributed by atoms with Crippen LogP contribution in [0.5, 0.6) is 0 Å². The molecule has 1 aliphatic carbocycles. The van der Waals surface area contributed by atoms with Crippen LogP contribution in [0.1, 0.15) is 25.3 Å². The zero-order chi connectivity index (χ0) is 16.4. The molecule has 0 heterocycles. The fraction of sp³-hybridized carbons (Fsp3) is 0.533. The van der Waals surface area contributed by atoms with Gasteiger partial charge in [0, 0.05) is 11.4 Å². The second kappa shape index (κ2) is 7.77. The van der Waals surface area contributed by atoms with Crippen molar-refractivity contribution < 1.29 is 18.0 Å². The van der Waals surface area contributed by atoms with Crippen LogP contribution in [-0.4, -0.2) is 23.7 Å². The van der Waals surface area contributed by atoms with Crippen LogP contribution in [0.25, 0.3) is 0 Å². The molecule has 2 rings (SSSR count). The lowest BCUT2D eigenvalue weighted by atomic mass is 9.96. The first kappa shape index (κ1) is 20.1. The molecule has 1 amide bonds. The number of hydrogen-bond donors (Lipinski definition) is 2. The highest BCUT2D eigenvalue weighted by Crippen LogP contribution is 2.39. The van der Waals surface area contributed by atoms with Crippen LogP contribution in [0.4, 0.5) is 13.2 Å². The number of halogens is 4. The van der Waals surface area contributed by atoms with Crippen LogP contribution in [0.2, 0.25) is 0 Å². The summed E-state index contributed by atoms with van der Waals surface area (Å²) in [6, 6.07) is 4.98. The number of thioether (sulfide) groups is 1. The molecular formula is C15H20ClF3N2OS. The summed E-state index contributed by atoms with van der Waals surface area (Å²) in [4.78, 5) is 12.4. The number of carbonyl (C=O) groups excluding carboxylic acids is 1. The van der Waals surface area contributed by atoms with Crippen LogP contribution in [-0.2, 0) is 11.0 Å². The van der Waals surface area contributed by atoms with E-state index in [1.54, 1.807) is 6.07 Å². The van der Waals surface area contributed by atoms with Gasteiger partial charge in [-0.3, -0.25) is 4.79 Å². The topological polar surface area (TPSA) is 55.1 Å². The maximum Gasteiger partial charge on any atom is 0.416 e. The number of rotatable bonds is 6. The lowest BCUT2D eigenvalue weighted by molar-refractivity contribution is -0.137. The monoisotopic (exact) mass is 368 g/mol. The molecule has 0 aliphatic heterocycles. The number of amides is 1. The molecule has 130 valence electrons. The van der Waals surface area contributed by atoms with E-state index in [2.05, 4.69) is 5.32 Å². The molecular weight excluding hydrogens is 349 g/mol. The Morgan fingerprint density at radius 1 is 1.39 bits per heavy atom. The van der Waals surface area contributed by atoms with E-state index in [0.717, 1.165) is 36.7 Å². The van der Waals surface area contributed by atoms with Crippen LogP contribution in [0.3, 0.4) is 0 Å². The average Bonchev–Trinajstić information content (AvgIpc) is 3.29. The summed E-state index contributed by atoms with van der Waals surface area (Å²) in [6.45, 7) is 2.27. The van der Waals surface area contributed by atoms with Gasteiger partial charge in [0.2, 0.25) is 5.91 Å². The molecule has 23 heavy (non-hydrogen) atoms. The maximum absolute atomic E-state index is 12.6. The second-order valence-corrected chi connectivity index (χ2v) is 6.81. The van der Waals surface area contributed by atoms with Crippen LogP contribution in [0.15, 0.2) is 29.2 Å². The van der Waals surface area contributed by atoms with E-state index in [1.807, 2.05) is 6.92 Å². The van der Waals surface area contributed by atoms with Crippen molar-refractivity contribution in [3.63, 3.8) is 0 Å². The summed E-state index contributed by atoms with van der Waals surface area (Å²) < 4.78 is 37.9. The lowest BCUT2D eigenvalue weighted by Crippen LogP contribution is -2.53. The van der Waals surface area contributed by atoms with Gasteiger partial charge in [-0.25, -0.2) is 0 Å². The minimum Gasteiger partial charge on any atom is -0.349 e.